The van der Waals surface area contributed by atoms with Crippen molar-refractivity contribution >= 4 is 10.0 Å². The molecular formula is C17H24N4O2S. The highest BCUT2D eigenvalue weighted by Gasteiger charge is 2.20. The van der Waals surface area contributed by atoms with E-state index in [1.807, 2.05) is 16.8 Å². The van der Waals surface area contributed by atoms with Crippen molar-refractivity contribution in [1.82, 2.24) is 19.4 Å². The van der Waals surface area contributed by atoms with Crippen molar-refractivity contribution in [2.75, 3.05) is 19.3 Å². The molecule has 130 valence electrons. The molecule has 0 bridgehead atoms. The first-order valence-electron chi connectivity index (χ1n) is 8.18. The van der Waals surface area contributed by atoms with Crippen molar-refractivity contribution in [2.24, 2.45) is 0 Å². The second kappa shape index (κ2) is 7.04. The lowest BCUT2D eigenvalue weighted by Gasteiger charge is -2.30. The Hall–Kier alpha value is -1.70. The number of nitrogens with one attached hydrogen (secondary N) is 1. The lowest BCUT2D eigenvalue weighted by molar-refractivity contribution is 0.204. The molecule has 1 N–H and O–H groups in total. The quantitative estimate of drug-likeness (QED) is 0.860. The summed E-state index contributed by atoms with van der Waals surface area (Å²) in [4.78, 5) is 2.43. The number of hydrogen-bond donors (Lipinski definition) is 1. The Morgan fingerprint density at radius 3 is 2.71 bits per heavy atom. The van der Waals surface area contributed by atoms with Crippen LogP contribution in [-0.4, -0.2) is 42.4 Å². The average molecular weight is 348 g/mol. The van der Waals surface area contributed by atoms with Gasteiger partial charge in [-0.1, -0.05) is 37.3 Å². The molecule has 1 aromatic carbocycles. The van der Waals surface area contributed by atoms with Gasteiger partial charge in [0.25, 0.3) is 0 Å². The number of nitrogens with zero attached hydrogens (tertiary/aromatic N) is 3. The SMILES string of the molecule is C[C@H](CN1CCn2nc(CNS(C)(=O)=O)cc2C1)c1ccccc1. The third-order valence-corrected chi connectivity index (χ3v) is 5.01. The van der Waals surface area contributed by atoms with Gasteiger partial charge in [-0.3, -0.25) is 9.58 Å². The van der Waals surface area contributed by atoms with Gasteiger partial charge in [-0.25, -0.2) is 13.1 Å². The van der Waals surface area contributed by atoms with E-state index in [1.165, 1.54) is 5.56 Å². The maximum absolute atomic E-state index is 11.2. The topological polar surface area (TPSA) is 67.2 Å². The molecule has 0 radical (unpaired) electrons. The molecule has 1 aromatic heterocycles. The van der Waals surface area contributed by atoms with Crippen molar-refractivity contribution in [2.45, 2.75) is 32.5 Å². The molecule has 24 heavy (non-hydrogen) atoms. The number of rotatable bonds is 6. The summed E-state index contributed by atoms with van der Waals surface area (Å²) in [7, 11) is -3.19. The lowest BCUT2D eigenvalue weighted by Crippen LogP contribution is -2.36. The van der Waals surface area contributed by atoms with Crippen molar-refractivity contribution in [3.05, 3.63) is 53.3 Å². The van der Waals surface area contributed by atoms with E-state index in [1.54, 1.807) is 0 Å². The first kappa shape index (κ1) is 17.1. The van der Waals surface area contributed by atoms with Gasteiger partial charge in [-0.05, 0) is 17.5 Å². The number of benzene rings is 1. The largest absolute Gasteiger partial charge is 0.295 e. The molecule has 0 saturated carbocycles. The van der Waals surface area contributed by atoms with Crippen molar-refractivity contribution in [1.29, 1.82) is 0 Å². The maximum atomic E-state index is 11.2. The number of sulfonamides is 1. The second-order valence-electron chi connectivity index (χ2n) is 6.49. The molecule has 1 atom stereocenters. The fourth-order valence-corrected chi connectivity index (χ4v) is 3.51. The minimum atomic E-state index is -3.19. The number of aromatic nitrogens is 2. The van der Waals surface area contributed by atoms with Crippen LogP contribution in [0.1, 0.15) is 29.8 Å². The van der Waals surface area contributed by atoms with Crippen LogP contribution in [0, 0.1) is 0 Å². The Labute approximate surface area is 143 Å². The van der Waals surface area contributed by atoms with Gasteiger partial charge in [0.15, 0.2) is 0 Å². The van der Waals surface area contributed by atoms with E-state index >= 15 is 0 Å². The van der Waals surface area contributed by atoms with E-state index in [-0.39, 0.29) is 6.54 Å². The molecule has 0 aliphatic carbocycles. The first-order valence-corrected chi connectivity index (χ1v) is 10.1. The highest BCUT2D eigenvalue weighted by Crippen LogP contribution is 2.20. The molecule has 0 amide bonds. The van der Waals surface area contributed by atoms with Gasteiger partial charge in [0, 0.05) is 19.6 Å². The molecule has 0 fully saturated rings. The molecule has 2 aromatic rings. The highest BCUT2D eigenvalue weighted by atomic mass is 32.2. The predicted molar refractivity (Wildman–Crippen MR) is 94.0 cm³/mol. The summed E-state index contributed by atoms with van der Waals surface area (Å²) in [6, 6.07) is 12.6. The van der Waals surface area contributed by atoms with E-state index in [9.17, 15) is 8.42 Å². The van der Waals surface area contributed by atoms with Gasteiger partial charge in [0.05, 0.1) is 30.7 Å². The third-order valence-electron chi connectivity index (χ3n) is 4.34. The summed E-state index contributed by atoms with van der Waals surface area (Å²) in [5.41, 5.74) is 3.27. The van der Waals surface area contributed by atoms with Gasteiger partial charge in [-0.15, -0.1) is 0 Å². The molecular weight excluding hydrogens is 324 g/mol. The summed E-state index contributed by atoms with van der Waals surface area (Å²) < 4.78 is 26.9. The van der Waals surface area contributed by atoms with E-state index in [2.05, 4.69) is 45.9 Å². The van der Waals surface area contributed by atoms with Gasteiger partial charge >= 0.3 is 0 Å². The first-order chi connectivity index (χ1) is 11.4. The molecule has 1 aliphatic rings. The maximum Gasteiger partial charge on any atom is 0.209 e. The molecule has 1 aliphatic heterocycles. The van der Waals surface area contributed by atoms with Crippen LogP contribution < -0.4 is 4.72 Å². The third kappa shape index (κ3) is 4.43. The van der Waals surface area contributed by atoms with Gasteiger partial charge in [-0.2, -0.15) is 5.10 Å². The monoisotopic (exact) mass is 348 g/mol. The highest BCUT2D eigenvalue weighted by molar-refractivity contribution is 7.88. The van der Waals surface area contributed by atoms with Crippen LogP contribution in [0.15, 0.2) is 36.4 Å². The normalized spacial score (nSPS) is 16.8. The van der Waals surface area contributed by atoms with Crippen molar-refractivity contribution in [3.63, 3.8) is 0 Å². The molecule has 7 heteroatoms. The van der Waals surface area contributed by atoms with Gasteiger partial charge in [0.1, 0.15) is 0 Å². The standard InChI is InChI=1S/C17H24N4O2S/c1-14(15-6-4-3-5-7-15)12-20-8-9-21-17(13-20)10-16(19-21)11-18-24(2,22)23/h3-7,10,14,18H,8-9,11-13H2,1-2H3/t14-/m1/s1. The molecule has 0 saturated heterocycles. The molecule has 3 rings (SSSR count). The van der Waals surface area contributed by atoms with Crippen LogP contribution in [0.2, 0.25) is 0 Å². The Kier molecular flexibility index (Phi) is 5.03. The fraction of sp³-hybridized carbons (Fsp3) is 0.471. The van der Waals surface area contributed by atoms with Gasteiger partial charge in [0.2, 0.25) is 10.0 Å². The van der Waals surface area contributed by atoms with Crippen LogP contribution in [-0.2, 0) is 29.7 Å². The minimum absolute atomic E-state index is 0.249. The Balaban J connectivity index is 1.61. The van der Waals surface area contributed by atoms with E-state index in [0.29, 0.717) is 5.92 Å². The Morgan fingerprint density at radius 1 is 1.25 bits per heavy atom. The van der Waals surface area contributed by atoms with Crippen molar-refractivity contribution in [3.8, 4) is 0 Å². The summed E-state index contributed by atoms with van der Waals surface area (Å²) in [6.45, 7) is 6.16. The van der Waals surface area contributed by atoms with Crippen LogP contribution in [0.4, 0.5) is 0 Å². The lowest BCUT2D eigenvalue weighted by atomic mass is 10.0. The second-order valence-corrected chi connectivity index (χ2v) is 8.32. The summed E-state index contributed by atoms with van der Waals surface area (Å²) in [6.07, 6.45) is 1.16. The zero-order valence-electron chi connectivity index (χ0n) is 14.1. The molecule has 2 heterocycles. The number of fused-ring (bicyclic) bond motifs is 1. The molecule has 0 spiro atoms. The number of hydrogen-bond acceptors (Lipinski definition) is 4. The van der Waals surface area contributed by atoms with Crippen molar-refractivity contribution < 1.29 is 8.42 Å². The predicted octanol–water partition coefficient (Wildman–Crippen LogP) is 1.55. The average Bonchev–Trinajstić information content (AvgIpc) is 2.95. The van der Waals surface area contributed by atoms with E-state index < -0.39 is 10.0 Å². The summed E-state index contributed by atoms with van der Waals surface area (Å²) >= 11 is 0. The zero-order chi connectivity index (χ0) is 17.2. The Morgan fingerprint density at radius 2 is 2.00 bits per heavy atom. The summed E-state index contributed by atoms with van der Waals surface area (Å²) in [5.74, 6) is 0.479. The fourth-order valence-electron chi connectivity index (χ4n) is 3.10. The zero-order valence-corrected chi connectivity index (χ0v) is 15.0. The van der Waals surface area contributed by atoms with Crippen LogP contribution in [0.3, 0.4) is 0 Å². The molecule has 6 nitrogen and oxygen atoms in total. The Bertz CT molecular complexity index is 786. The smallest absolute Gasteiger partial charge is 0.209 e. The van der Waals surface area contributed by atoms with E-state index in [4.69, 9.17) is 0 Å². The van der Waals surface area contributed by atoms with E-state index in [0.717, 1.165) is 43.8 Å². The molecule has 0 unspecified atom stereocenters. The van der Waals surface area contributed by atoms with Gasteiger partial charge < -0.3 is 0 Å². The summed E-state index contributed by atoms with van der Waals surface area (Å²) in [5, 5.41) is 4.49. The minimum Gasteiger partial charge on any atom is -0.295 e. The van der Waals surface area contributed by atoms with Crippen LogP contribution >= 0.6 is 0 Å². The van der Waals surface area contributed by atoms with Crippen LogP contribution in [0.25, 0.3) is 0 Å². The van der Waals surface area contributed by atoms with Crippen LogP contribution in [0.5, 0.6) is 0 Å².